The molecular formula is C19H15F3S. The van der Waals surface area contributed by atoms with Gasteiger partial charge in [0.05, 0.1) is 12.2 Å². The molecule has 4 heteroatoms. The Hall–Kier alpha value is -2.07. The van der Waals surface area contributed by atoms with E-state index < -0.39 is 18.3 Å². The molecule has 0 fully saturated rings. The second-order valence-electron chi connectivity index (χ2n) is 5.36. The largest absolute Gasteiger partial charge is 0.251 e. The normalized spacial score (nSPS) is 11.0. The molecule has 0 bridgehead atoms. The van der Waals surface area contributed by atoms with Crippen LogP contribution in [0.1, 0.15) is 10.4 Å². The van der Waals surface area contributed by atoms with Crippen LogP contribution in [0.2, 0.25) is 0 Å². The summed E-state index contributed by atoms with van der Waals surface area (Å²) >= 11 is 1.36. The quantitative estimate of drug-likeness (QED) is 0.535. The molecule has 0 aliphatic rings. The highest BCUT2D eigenvalue weighted by Gasteiger charge is 2.15. The molecule has 0 atom stereocenters. The van der Waals surface area contributed by atoms with Crippen molar-refractivity contribution in [1.82, 2.24) is 0 Å². The molecule has 0 saturated carbocycles. The van der Waals surface area contributed by atoms with Crippen LogP contribution in [0.3, 0.4) is 0 Å². The molecule has 0 saturated heterocycles. The maximum Gasteiger partial charge on any atom is 0.135 e. The summed E-state index contributed by atoms with van der Waals surface area (Å²) in [6.07, 6.45) is 0.347. The van der Waals surface area contributed by atoms with Gasteiger partial charge in [0.1, 0.15) is 11.6 Å². The van der Waals surface area contributed by atoms with Crippen LogP contribution in [-0.4, -0.2) is 6.67 Å². The molecule has 0 aliphatic heterocycles. The van der Waals surface area contributed by atoms with Crippen LogP contribution in [0.4, 0.5) is 13.2 Å². The number of rotatable bonds is 4. The third-order valence-corrected chi connectivity index (χ3v) is 4.72. The van der Waals surface area contributed by atoms with E-state index in [1.165, 1.54) is 23.5 Å². The molecule has 3 aromatic rings. The van der Waals surface area contributed by atoms with Gasteiger partial charge in [-0.2, -0.15) is 0 Å². The monoisotopic (exact) mass is 332 g/mol. The fraction of sp³-hybridized carbons (Fsp3) is 0.158. The first kappa shape index (κ1) is 15.8. The first-order valence-corrected chi connectivity index (χ1v) is 8.11. The lowest BCUT2D eigenvalue weighted by atomic mass is 10.0. The van der Waals surface area contributed by atoms with Crippen molar-refractivity contribution in [2.75, 3.05) is 6.67 Å². The van der Waals surface area contributed by atoms with Gasteiger partial charge in [-0.15, -0.1) is 11.3 Å². The third-order valence-electron chi connectivity index (χ3n) is 3.70. The Morgan fingerprint density at radius 1 is 0.870 bits per heavy atom. The molecule has 0 amide bonds. The Morgan fingerprint density at radius 3 is 2.04 bits per heavy atom. The molecule has 23 heavy (non-hydrogen) atoms. The summed E-state index contributed by atoms with van der Waals surface area (Å²) in [5, 5.41) is 0. The molecule has 0 radical (unpaired) electrons. The minimum Gasteiger partial charge on any atom is -0.251 e. The lowest BCUT2D eigenvalue weighted by molar-refractivity contribution is 0.495. The van der Waals surface area contributed by atoms with Crippen LogP contribution >= 0.6 is 11.3 Å². The van der Waals surface area contributed by atoms with Crippen LogP contribution in [0.5, 0.6) is 0 Å². The first-order valence-electron chi connectivity index (χ1n) is 7.29. The van der Waals surface area contributed by atoms with Crippen molar-refractivity contribution in [3.63, 3.8) is 0 Å². The Kier molecular flexibility index (Phi) is 4.53. The van der Waals surface area contributed by atoms with Crippen LogP contribution in [0.15, 0.2) is 48.5 Å². The van der Waals surface area contributed by atoms with E-state index >= 15 is 0 Å². The first-order chi connectivity index (χ1) is 11.1. The minimum atomic E-state index is -0.574. The van der Waals surface area contributed by atoms with Gasteiger partial charge in [-0.05, 0) is 47.9 Å². The number of aryl methyl sites for hydroxylation is 2. The molecule has 118 valence electrons. The van der Waals surface area contributed by atoms with Gasteiger partial charge in [-0.1, -0.05) is 24.3 Å². The van der Waals surface area contributed by atoms with Crippen molar-refractivity contribution in [3.05, 3.63) is 70.6 Å². The molecule has 3 rings (SSSR count). The van der Waals surface area contributed by atoms with Crippen LogP contribution in [0, 0.1) is 18.6 Å². The Balaban J connectivity index is 1.99. The van der Waals surface area contributed by atoms with Gasteiger partial charge in [0, 0.05) is 16.2 Å². The van der Waals surface area contributed by atoms with E-state index in [9.17, 15) is 13.2 Å². The fourth-order valence-electron chi connectivity index (χ4n) is 2.52. The summed E-state index contributed by atoms with van der Waals surface area (Å²) in [6.45, 7) is 1.48. The smallest absolute Gasteiger partial charge is 0.135 e. The molecule has 1 heterocycles. The maximum absolute atomic E-state index is 14.4. The lowest BCUT2D eigenvalue weighted by Gasteiger charge is -2.08. The molecule has 0 spiro atoms. The lowest BCUT2D eigenvalue weighted by Crippen LogP contribution is -1.91. The maximum atomic E-state index is 14.4. The average molecular weight is 332 g/mol. The van der Waals surface area contributed by atoms with E-state index in [0.717, 1.165) is 10.4 Å². The zero-order valence-corrected chi connectivity index (χ0v) is 13.4. The van der Waals surface area contributed by atoms with E-state index in [2.05, 4.69) is 0 Å². The zero-order valence-electron chi connectivity index (χ0n) is 12.6. The third kappa shape index (κ3) is 3.32. The van der Waals surface area contributed by atoms with E-state index in [1.807, 2.05) is 13.0 Å². The van der Waals surface area contributed by atoms with Gasteiger partial charge >= 0.3 is 0 Å². The Morgan fingerprint density at radius 2 is 1.52 bits per heavy atom. The molecule has 1 aromatic heterocycles. The average Bonchev–Trinajstić information content (AvgIpc) is 2.94. The van der Waals surface area contributed by atoms with Gasteiger partial charge < -0.3 is 0 Å². The van der Waals surface area contributed by atoms with Crippen molar-refractivity contribution in [2.45, 2.75) is 13.3 Å². The summed E-state index contributed by atoms with van der Waals surface area (Å²) in [5.41, 5.74) is 2.06. The van der Waals surface area contributed by atoms with E-state index in [1.54, 1.807) is 30.3 Å². The van der Waals surface area contributed by atoms with Gasteiger partial charge in [0.2, 0.25) is 0 Å². The van der Waals surface area contributed by atoms with E-state index in [-0.39, 0.29) is 5.56 Å². The number of thiophene rings is 1. The second kappa shape index (κ2) is 6.59. The molecule has 0 aliphatic carbocycles. The molecule has 2 aromatic carbocycles. The Labute approximate surface area is 137 Å². The van der Waals surface area contributed by atoms with Crippen LogP contribution in [0.25, 0.3) is 21.6 Å². The molecule has 0 N–H and O–H groups in total. The zero-order chi connectivity index (χ0) is 16.4. The van der Waals surface area contributed by atoms with Crippen molar-refractivity contribution in [2.24, 2.45) is 0 Å². The topological polar surface area (TPSA) is 0 Å². The predicted octanol–water partition coefficient (Wildman–Crippen LogP) is 6.18. The summed E-state index contributed by atoms with van der Waals surface area (Å²) in [4.78, 5) is 1.59. The number of hydrogen-bond donors (Lipinski definition) is 0. The van der Waals surface area contributed by atoms with Gasteiger partial charge in [0.15, 0.2) is 0 Å². The van der Waals surface area contributed by atoms with Gasteiger partial charge in [-0.3, -0.25) is 4.39 Å². The highest BCUT2D eigenvalue weighted by Crippen LogP contribution is 2.34. The predicted molar refractivity (Wildman–Crippen MR) is 89.5 cm³/mol. The standard InChI is InChI=1S/C19H15F3S/c1-12-2-7-18(23-12)19-16(21)10-15(11-17(19)22)14-5-3-13(4-6-14)8-9-20/h2-7,10-11H,8-9H2,1H3. The summed E-state index contributed by atoms with van der Waals surface area (Å²) < 4.78 is 41.1. The van der Waals surface area contributed by atoms with E-state index in [4.69, 9.17) is 0 Å². The second-order valence-corrected chi connectivity index (χ2v) is 6.65. The highest BCUT2D eigenvalue weighted by molar-refractivity contribution is 7.15. The summed E-state index contributed by atoms with van der Waals surface area (Å²) in [7, 11) is 0. The minimum absolute atomic E-state index is 0.0147. The molecular weight excluding hydrogens is 317 g/mol. The Bertz CT molecular complexity index is 796. The number of halogens is 3. The summed E-state index contributed by atoms with van der Waals surface area (Å²) in [5.74, 6) is -1.15. The van der Waals surface area contributed by atoms with Crippen molar-refractivity contribution in [3.8, 4) is 21.6 Å². The molecule has 0 unspecified atom stereocenters. The van der Waals surface area contributed by atoms with E-state index in [0.29, 0.717) is 22.4 Å². The molecule has 0 nitrogen and oxygen atoms in total. The SMILES string of the molecule is Cc1ccc(-c2c(F)cc(-c3ccc(CCF)cc3)cc2F)s1. The number of benzene rings is 2. The van der Waals surface area contributed by atoms with Gasteiger partial charge in [0.25, 0.3) is 0 Å². The highest BCUT2D eigenvalue weighted by atomic mass is 32.1. The number of hydrogen-bond acceptors (Lipinski definition) is 1. The summed E-state index contributed by atoms with van der Waals surface area (Å²) in [6, 6.07) is 13.3. The van der Waals surface area contributed by atoms with Gasteiger partial charge in [-0.25, -0.2) is 8.78 Å². The van der Waals surface area contributed by atoms with Crippen molar-refractivity contribution < 1.29 is 13.2 Å². The van der Waals surface area contributed by atoms with Crippen molar-refractivity contribution >= 4 is 11.3 Å². The van der Waals surface area contributed by atoms with Crippen molar-refractivity contribution in [1.29, 1.82) is 0 Å². The van der Waals surface area contributed by atoms with Crippen LogP contribution in [-0.2, 0) is 6.42 Å². The fourth-order valence-corrected chi connectivity index (χ4v) is 3.43. The van der Waals surface area contributed by atoms with Crippen LogP contribution < -0.4 is 0 Å². The number of alkyl halides is 1.